The molecule has 0 aromatic heterocycles. The van der Waals surface area contributed by atoms with Crippen LogP contribution in [0, 0.1) is 0 Å². The van der Waals surface area contributed by atoms with Crippen LogP contribution in [0.2, 0.25) is 0 Å². The van der Waals surface area contributed by atoms with E-state index in [1.807, 2.05) is 12.2 Å². The molecule has 0 bridgehead atoms. The van der Waals surface area contributed by atoms with Gasteiger partial charge in [0.25, 0.3) is 0 Å². The van der Waals surface area contributed by atoms with Crippen molar-refractivity contribution in [1.82, 2.24) is 4.72 Å². The Labute approximate surface area is 100 Å². The molecule has 0 fully saturated rings. The molecule has 0 amide bonds. The number of benzene rings is 1. The Kier molecular flexibility index (Phi) is 3.21. The number of fused-ring (bicyclic) bond motifs is 1. The summed E-state index contributed by atoms with van der Waals surface area (Å²) in [5.74, 6) is 0. The van der Waals surface area contributed by atoms with E-state index in [0.717, 1.165) is 11.1 Å². The minimum Gasteiger partial charge on any atom is -0.265 e. The van der Waals surface area contributed by atoms with Crippen molar-refractivity contribution in [1.29, 1.82) is 0 Å². The molecule has 4 nitrogen and oxygen atoms in total. The van der Waals surface area contributed by atoms with Gasteiger partial charge in [-0.05, 0) is 42.5 Å². The summed E-state index contributed by atoms with van der Waals surface area (Å²) < 4.78 is 25.6. The molecule has 17 heavy (non-hydrogen) atoms. The van der Waals surface area contributed by atoms with Gasteiger partial charge in [0, 0.05) is 12.4 Å². The van der Waals surface area contributed by atoms with Crippen molar-refractivity contribution in [3.05, 3.63) is 41.6 Å². The Balaban J connectivity index is 2.55. The predicted octanol–water partition coefficient (Wildman–Crippen LogP) is 1.66. The number of aliphatic imine (C=N–C) groups is 1. The normalized spacial score (nSPS) is 19.8. The van der Waals surface area contributed by atoms with Gasteiger partial charge in [-0.15, -0.1) is 0 Å². The van der Waals surface area contributed by atoms with Crippen molar-refractivity contribution in [2.45, 2.75) is 4.90 Å². The molecule has 1 heterocycles. The largest absolute Gasteiger partial charge is 0.265 e. The smallest absolute Gasteiger partial charge is 0.240 e. The van der Waals surface area contributed by atoms with Crippen LogP contribution in [0.3, 0.4) is 0 Å². The Morgan fingerprint density at radius 1 is 1.18 bits per heavy atom. The minimum atomic E-state index is -3.39. The third kappa shape index (κ3) is 2.51. The fourth-order valence-corrected chi connectivity index (χ4v) is 2.27. The lowest BCUT2D eigenvalue weighted by Gasteiger charge is -2.07. The van der Waals surface area contributed by atoms with E-state index in [-0.39, 0.29) is 4.90 Å². The molecule has 1 aromatic rings. The summed E-state index contributed by atoms with van der Waals surface area (Å²) >= 11 is 0. The highest BCUT2D eigenvalue weighted by atomic mass is 32.2. The summed E-state index contributed by atoms with van der Waals surface area (Å²) in [6.07, 6.45) is 8.77. The molecular formula is C12H12N2O2S. The highest BCUT2D eigenvalue weighted by Crippen LogP contribution is 2.19. The van der Waals surface area contributed by atoms with Crippen LogP contribution in [0.1, 0.15) is 11.1 Å². The number of sulfonamides is 1. The van der Waals surface area contributed by atoms with E-state index < -0.39 is 10.0 Å². The number of hydrogen-bond donors (Lipinski definition) is 1. The predicted molar refractivity (Wildman–Crippen MR) is 69.2 cm³/mol. The summed E-state index contributed by atoms with van der Waals surface area (Å²) in [7, 11) is -2.00. The second-order valence-corrected chi connectivity index (χ2v) is 5.36. The average Bonchev–Trinajstić information content (AvgIpc) is 2.29. The number of nitrogens with one attached hydrogen (secondary N) is 1. The molecule has 2 rings (SSSR count). The van der Waals surface area contributed by atoms with Gasteiger partial charge in [0.05, 0.1) is 4.90 Å². The van der Waals surface area contributed by atoms with Crippen molar-refractivity contribution in [3.63, 3.8) is 0 Å². The van der Waals surface area contributed by atoms with Crippen LogP contribution in [-0.4, -0.2) is 21.7 Å². The molecule has 1 aliphatic rings. The van der Waals surface area contributed by atoms with E-state index in [4.69, 9.17) is 0 Å². The van der Waals surface area contributed by atoms with Gasteiger partial charge in [0.2, 0.25) is 10.0 Å². The Morgan fingerprint density at radius 3 is 2.76 bits per heavy atom. The van der Waals surface area contributed by atoms with Gasteiger partial charge in [0.15, 0.2) is 0 Å². The zero-order chi connectivity index (χ0) is 12.3. The van der Waals surface area contributed by atoms with Gasteiger partial charge >= 0.3 is 0 Å². The Bertz CT molecular complexity index is 613. The second kappa shape index (κ2) is 4.65. The van der Waals surface area contributed by atoms with Crippen LogP contribution in [0.15, 0.2) is 40.4 Å². The van der Waals surface area contributed by atoms with Gasteiger partial charge < -0.3 is 0 Å². The molecule has 0 spiro atoms. The van der Waals surface area contributed by atoms with Gasteiger partial charge in [-0.3, -0.25) is 4.99 Å². The van der Waals surface area contributed by atoms with Crippen LogP contribution >= 0.6 is 0 Å². The summed E-state index contributed by atoms with van der Waals surface area (Å²) in [6, 6.07) is 4.98. The molecule has 0 atom stereocenters. The van der Waals surface area contributed by atoms with Crippen LogP contribution in [0.5, 0.6) is 0 Å². The fraction of sp³-hybridized carbons (Fsp3) is 0.0833. The van der Waals surface area contributed by atoms with E-state index in [1.54, 1.807) is 36.7 Å². The quantitative estimate of drug-likeness (QED) is 0.865. The monoisotopic (exact) mass is 248 g/mol. The van der Waals surface area contributed by atoms with E-state index in [0.29, 0.717) is 0 Å². The maximum Gasteiger partial charge on any atom is 0.240 e. The first-order chi connectivity index (χ1) is 8.13. The first-order valence-corrected chi connectivity index (χ1v) is 6.56. The van der Waals surface area contributed by atoms with Crippen LogP contribution < -0.4 is 4.72 Å². The van der Waals surface area contributed by atoms with Gasteiger partial charge in [-0.25, -0.2) is 13.1 Å². The molecule has 0 radical (unpaired) electrons. The molecule has 0 saturated heterocycles. The SMILES string of the molecule is CNS(=O)(=O)c1ccc2c(c1)\C=C/C=N\C=C/2. The fourth-order valence-electron chi connectivity index (χ4n) is 1.50. The molecule has 0 saturated carbocycles. The third-order valence-corrected chi connectivity index (χ3v) is 3.84. The first kappa shape index (κ1) is 11.8. The Morgan fingerprint density at radius 2 is 2.00 bits per heavy atom. The lowest BCUT2D eigenvalue weighted by molar-refractivity contribution is 0.588. The van der Waals surface area contributed by atoms with Crippen LogP contribution in [0.25, 0.3) is 12.2 Å². The van der Waals surface area contributed by atoms with Crippen molar-refractivity contribution in [3.8, 4) is 0 Å². The van der Waals surface area contributed by atoms with Crippen molar-refractivity contribution in [2.75, 3.05) is 7.05 Å². The summed E-state index contributed by atoms with van der Waals surface area (Å²) in [5.41, 5.74) is 1.79. The van der Waals surface area contributed by atoms with Gasteiger partial charge in [-0.1, -0.05) is 12.1 Å². The van der Waals surface area contributed by atoms with Crippen LogP contribution in [-0.2, 0) is 10.0 Å². The van der Waals surface area contributed by atoms with E-state index in [1.165, 1.54) is 7.05 Å². The summed E-state index contributed by atoms with van der Waals surface area (Å²) in [6.45, 7) is 0. The van der Waals surface area contributed by atoms with Crippen LogP contribution in [0.4, 0.5) is 0 Å². The van der Waals surface area contributed by atoms with Gasteiger partial charge in [-0.2, -0.15) is 0 Å². The second-order valence-electron chi connectivity index (χ2n) is 3.47. The molecule has 1 N–H and O–H groups in total. The summed E-state index contributed by atoms with van der Waals surface area (Å²) in [4.78, 5) is 4.25. The van der Waals surface area contributed by atoms with E-state index >= 15 is 0 Å². The molecular weight excluding hydrogens is 236 g/mol. The van der Waals surface area contributed by atoms with E-state index in [2.05, 4.69) is 9.71 Å². The zero-order valence-corrected chi connectivity index (χ0v) is 10.1. The average molecular weight is 248 g/mol. The molecule has 0 unspecified atom stereocenters. The number of allylic oxidation sites excluding steroid dienone is 1. The van der Waals surface area contributed by atoms with Crippen molar-refractivity contribution in [2.24, 2.45) is 4.99 Å². The maximum atomic E-state index is 11.7. The number of hydrogen-bond acceptors (Lipinski definition) is 3. The Hall–Kier alpha value is -1.72. The lowest BCUT2D eigenvalue weighted by Crippen LogP contribution is -2.18. The highest BCUT2D eigenvalue weighted by Gasteiger charge is 2.12. The zero-order valence-electron chi connectivity index (χ0n) is 9.29. The first-order valence-electron chi connectivity index (χ1n) is 5.07. The third-order valence-electron chi connectivity index (χ3n) is 2.43. The number of rotatable bonds is 2. The standard InChI is InChI=1S/C12H12N2O2S/c1-13-17(15,16)12-5-4-10-6-8-14-7-2-3-11(10)9-12/h2-9,13H,1H3/b3-2-,7-2?,8-6-,10-6?,11-3?,14-7-,14-8?. The molecule has 88 valence electrons. The molecule has 1 aromatic carbocycles. The highest BCUT2D eigenvalue weighted by molar-refractivity contribution is 7.89. The van der Waals surface area contributed by atoms with E-state index in [9.17, 15) is 8.42 Å². The number of nitrogens with zero attached hydrogens (tertiary/aromatic N) is 1. The molecule has 5 heteroatoms. The van der Waals surface area contributed by atoms with Gasteiger partial charge in [0.1, 0.15) is 0 Å². The lowest BCUT2D eigenvalue weighted by atomic mass is 10.1. The summed E-state index contributed by atoms with van der Waals surface area (Å²) in [5, 5.41) is 0. The minimum absolute atomic E-state index is 0.259. The van der Waals surface area contributed by atoms with Crippen molar-refractivity contribution >= 4 is 28.4 Å². The molecule has 0 aliphatic carbocycles. The topological polar surface area (TPSA) is 58.5 Å². The van der Waals surface area contributed by atoms with Crippen molar-refractivity contribution < 1.29 is 8.42 Å². The maximum absolute atomic E-state index is 11.7. The molecule has 1 aliphatic heterocycles.